The molecule has 1 fully saturated rings. The number of nitrogens with one attached hydrogen (secondary N) is 1. The molecule has 3 rings (SSSR count). The van der Waals surface area contributed by atoms with E-state index < -0.39 is 36.7 Å². The average Bonchev–Trinajstić information content (AvgIpc) is 2.89. The molecular weight excluding hydrogens is 366 g/mol. The smallest absolute Gasteiger partial charge is 0.280 e. The van der Waals surface area contributed by atoms with Crippen LogP contribution in [-0.4, -0.2) is 65.2 Å². The van der Waals surface area contributed by atoms with Gasteiger partial charge in [-0.2, -0.15) is 4.98 Å². The molecule has 3 heterocycles. The normalized spacial score (nSPS) is 28.0. The quantitative estimate of drug-likeness (QED) is 0.346. The van der Waals surface area contributed by atoms with Gasteiger partial charge in [-0.15, -0.1) is 0 Å². The maximum absolute atomic E-state index is 11.8. The highest BCUT2D eigenvalue weighted by molar-refractivity contribution is 9.10. The highest BCUT2D eigenvalue weighted by atomic mass is 79.9. The van der Waals surface area contributed by atoms with Crippen LogP contribution in [0.15, 0.2) is 9.53 Å². The molecule has 0 aromatic carbocycles. The van der Waals surface area contributed by atoms with Crippen LogP contribution in [0.5, 0.6) is 0 Å². The number of nitrogens with zero attached hydrogens (tertiary/aromatic N) is 3. The molecule has 0 spiro atoms. The number of aliphatic hydroxyl groups is 3. The first-order valence-corrected chi connectivity index (χ1v) is 6.79. The second-order valence-electron chi connectivity index (χ2n) is 4.60. The molecule has 0 amide bonds. The Bertz CT molecular complexity index is 747. The van der Waals surface area contributed by atoms with E-state index in [1.54, 1.807) is 0 Å². The third-order valence-corrected chi connectivity index (χ3v) is 3.86. The van der Waals surface area contributed by atoms with Gasteiger partial charge in [-0.3, -0.25) is 14.3 Å². The number of hydrogen-bond acceptors (Lipinski definition) is 8. The first-order valence-electron chi connectivity index (χ1n) is 5.99. The Labute approximate surface area is 130 Å². The van der Waals surface area contributed by atoms with Crippen molar-refractivity contribution in [1.29, 1.82) is 0 Å². The Kier molecular flexibility index (Phi) is 4.51. The van der Waals surface area contributed by atoms with E-state index in [9.17, 15) is 15.0 Å². The van der Waals surface area contributed by atoms with Crippen molar-refractivity contribution in [3.8, 4) is 0 Å². The number of halogens is 1. The van der Waals surface area contributed by atoms with Gasteiger partial charge in [0.2, 0.25) is 5.95 Å². The van der Waals surface area contributed by atoms with Crippen LogP contribution in [0.2, 0.25) is 0 Å². The number of H-pyrrole nitrogens is 1. The monoisotopic (exact) mass is 379 g/mol. The minimum atomic E-state index is -1.32. The third kappa shape index (κ3) is 2.39. The van der Waals surface area contributed by atoms with E-state index in [1.165, 1.54) is 4.57 Å². The van der Waals surface area contributed by atoms with Crippen molar-refractivity contribution in [2.45, 2.75) is 24.5 Å². The van der Waals surface area contributed by atoms with Crippen LogP contribution in [0.25, 0.3) is 11.2 Å². The summed E-state index contributed by atoms with van der Waals surface area (Å²) in [7, 11) is 0. The summed E-state index contributed by atoms with van der Waals surface area (Å²) in [5, 5.41) is 29.0. The van der Waals surface area contributed by atoms with Gasteiger partial charge in [0.25, 0.3) is 5.56 Å². The Balaban J connectivity index is 0.00000176. The number of imidazole rings is 1. The van der Waals surface area contributed by atoms with Crippen molar-refractivity contribution in [2.24, 2.45) is 0 Å². The molecule has 0 saturated carbocycles. The van der Waals surface area contributed by atoms with E-state index >= 15 is 0 Å². The SMILES string of the molecule is Nc1nc2c(nc(Br)n2[C@@H]2O[C@H](CO)[C@@H](O)[C@H]2O)c(=O)[nH]1.O. The van der Waals surface area contributed by atoms with Gasteiger partial charge in [0.05, 0.1) is 6.61 Å². The van der Waals surface area contributed by atoms with Gasteiger partial charge in [-0.1, -0.05) is 0 Å². The number of ether oxygens (including phenoxy) is 1. The van der Waals surface area contributed by atoms with Gasteiger partial charge in [0, 0.05) is 0 Å². The largest absolute Gasteiger partial charge is 0.412 e. The van der Waals surface area contributed by atoms with Crippen LogP contribution in [-0.2, 0) is 4.74 Å². The highest BCUT2D eigenvalue weighted by Crippen LogP contribution is 2.33. The second-order valence-corrected chi connectivity index (χ2v) is 5.31. The Morgan fingerprint density at radius 3 is 2.64 bits per heavy atom. The number of fused-ring (bicyclic) bond motifs is 1. The Morgan fingerprint density at radius 1 is 1.36 bits per heavy atom. The lowest BCUT2D eigenvalue weighted by Gasteiger charge is -2.17. The van der Waals surface area contributed by atoms with Crippen molar-refractivity contribution >= 4 is 33.0 Å². The van der Waals surface area contributed by atoms with Gasteiger partial charge in [-0.25, -0.2) is 4.98 Å². The fourth-order valence-electron chi connectivity index (χ4n) is 2.29. The summed E-state index contributed by atoms with van der Waals surface area (Å²) in [5.74, 6) is -0.118. The molecule has 11 nitrogen and oxygen atoms in total. The number of aromatic amines is 1. The fourth-order valence-corrected chi connectivity index (χ4v) is 2.84. The predicted octanol–water partition coefficient (Wildman–Crippen LogP) is -2.75. The van der Waals surface area contributed by atoms with Gasteiger partial charge in [0.1, 0.15) is 18.3 Å². The summed E-state index contributed by atoms with van der Waals surface area (Å²) in [6.45, 7) is -0.463. The van der Waals surface area contributed by atoms with E-state index in [0.29, 0.717) is 0 Å². The molecule has 0 radical (unpaired) electrons. The van der Waals surface area contributed by atoms with Crippen LogP contribution in [0.3, 0.4) is 0 Å². The molecule has 0 bridgehead atoms. The van der Waals surface area contributed by atoms with Gasteiger partial charge in [-0.05, 0) is 15.9 Å². The number of aliphatic hydroxyl groups excluding tert-OH is 3. The lowest BCUT2D eigenvalue weighted by atomic mass is 10.1. The third-order valence-electron chi connectivity index (χ3n) is 3.30. The van der Waals surface area contributed by atoms with Crippen molar-refractivity contribution in [1.82, 2.24) is 19.5 Å². The molecule has 1 saturated heterocycles. The van der Waals surface area contributed by atoms with Crippen LogP contribution >= 0.6 is 15.9 Å². The zero-order chi connectivity index (χ0) is 15.3. The number of nitrogen functional groups attached to an aromatic ring is 1. The standard InChI is InChI=1S/C10H12BrN5O5.H2O/c11-9-13-3-6(14-10(12)15-7(3)20)16(9)8-5(19)4(18)2(1-17)21-8;/h2,4-5,8,17-19H,1H2,(H3,12,14,15,20);1H2/t2-,4-,5-,8-;/m1./s1. The second kappa shape index (κ2) is 5.91. The predicted molar refractivity (Wildman–Crippen MR) is 76.9 cm³/mol. The Morgan fingerprint density at radius 2 is 2.05 bits per heavy atom. The summed E-state index contributed by atoms with van der Waals surface area (Å²) in [5.41, 5.74) is 5.07. The molecule has 2 aromatic heterocycles. The summed E-state index contributed by atoms with van der Waals surface area (Å²) in [6.07, 6.45) is -4.61. The molecule has 0 aliphatic carbocycles. The molecule has 2 aromatic rings. The van der Waals surface area contributed by atoms with E-state index in [1.807, 2.05) is 0 Å². The summed E-state index contributed by atoms with van der Waals surface area (Å²) in [4.78, 5) is 22.0. The molecule has 8 N–H and O–H groups in total. The molecular formula is C10H14BrN5O6. The Hall–Kier alpha value is -1.57. The minimum Gasteiger partial charge on any atom is -0.412 e. The van der Waals surface area contributed by atoms with Crippen molar-refractivity contribution in [2.75, 3.05) is 12.3 Å². The summed E-state index contributed by atoms with van der Waals surface area (Å²) in [6, 6.07) is 0. The minimum absolute atomic E-state index is 0. The number of nitrogens with two attached hydrogens (primary N) is 1. The molecule has 1 aliphatic rings. The molecule has 1 aliphatic heterocycles. The average molecular weight is 380 g/mol. The molecule has 122 valence electrons. The van der Waals surface area contributed by atoms with Crippen LogP contribution < -0.4 is 11.3 Å². The number of anilines is 1. The number of rotatable bonds is 2. The zero-order valence-corrected chi connectivity index (χ0v) is 12.6. The van der Waals surface area contributed by atoms with E-state index in [4.69, 9.17) is 15.6 Å². The lowest BCUT2D eigenvalue weighted by molar-refractivity contribution is -0.0521. The van der Waals surface area contributed by atoms with Crippen LogP contribution in [0.4, 0.5) is 5.95 Å². The van der Waals surface area contributed by atoms with Crippen molar-refractivity contribution < 1.29 is 25.5 Å². The first kappa shape index (κ1) is 16.8. The van der Waals surface area contributed by atoms with Crippen molar-refractivity contribution in [3.63, 3.8) is 0 Å². The molecule has 4 atom stereocenters. The first-order chi connectivity index (χ1) is 9.93. The zero-order valence-electron chi connectivity index (χ0n) is 11.0. The summed E-state index contributed by atoms with van der Waals surface area (Å²) < 4.78 is 6.87. The van der Waals surface area contributed by atoms with E-state index in [0.717, 1.165) is 0 Å². The molecule has 0 unspecified atom stereocenters. The van der Waals surface area contributed by atoms with Crippen molar-refractivity contribution in [3.05, 3.63) is 15.1 Å². The highest BCUT2D eigenvalue weighted by Gasteiger charge is 2.44. The fraction of sp³-hybridized carbons (Fsp3) is 0.500. The number of hydrogen-bond donors (Lipinski definition) is 5. The maximum Gasteiger partial charge on any atom is 0.280 e. The number of aromatic nitrogens is 4. The van der Waals surface area contributed by atoms with Gasteiger partial charge < -0.3 is 31.3 Å². The van der Waals surface area contributed by atoms with Crippen LogP contribution in [0, 0.1) is 0 Å². The topological polar surface area (TPSA) is 191 Å². The van der Waals surface area contributed by atoms with E-state index in [2.05, 4.69) is 30.9 Å². The van der Waals surface area contributed by atoms with Crippen LogP contribution in [0.1, 0.15) is 6.23 Å². The summed E-state index contributed by atoms with van der Waals surface area (Å²) >= 11 is 3.15. The van der Waals surface area contributed by atoms with Gasteiger partial charge >= 0.3 is 0 Å². The van der Waals surface area contributed by atoms with E-state index in [-0.39, 0.29) is 27.3 Å². The lowest BCUT2D eigenvalue weighted by Crippen LogP contribution is -2.33. The molecule has 22 heavy (non-hydrogen) atoms. The van der Waals surface area contributed by atoms with Gasteiger partial charge in [0.15, 0.2) is 22.1 Å². The maximum atomic E-state index is 11.8. The molecule has 12 heteroatoms.